The minimum atomic E-state index is -4.08. The third kappa shape index (κ3) is 8.16. The molecule has 1 N–H and O–H groups in total. The van der Waals surface area contributed by atoms with Crippen LogP contribution in [0.1, 0.15) is 39.2 Å². The molecule has 3 rings (SSSR count). The van der Waals surface area contributed by atoms with Crippen LogP contribution in [0, 0.1) is 0 Å². The van der Waals surface area contributed by atoms with Crippen molar-refractivity contribution in [1.29, 1.82) is 0 Å². The number of hydrogen-bond acceptors (Lipinski definition) is 4. The number of carbonyl (C=O) groups excluding carboxylic acids is 2. The topological polar surface area (TPSA) is 86.8 Å². The summed E-state index contributed by atoms with van der Waals surface area (Å²) in [5.74, 6) is -0.690. The average Bonchev–Trinajstić information content (AvgIpc) is 2.94. The highest BCUT2D eigenvalue weighted by atomic mass is 79.9. The summed E-state index contributed by atoms with van der Waals surface area (Å²) >= 11 is 3.41. The number of halogens is 1. The first-order valence-electron chi connectivity index (χ1n) is 13.1. The number of anilines is 1. The lowest BCUT2D eigenvalue weighted by Crippen LogP contribution is -2.54. The number of nitrogens with one attached hydrogen (secondary N) is 1. The molecule has 7 nitrogen and oxygen atoms in total. The summed E-state index contributed by atoms with van der Waals surface area (Å²) in [5, 5.41) is 2.99. The van der Waals surface area contributed by atoms with Crippen molar-refractivity contribution in [3.63, 3.8) is 0 Å². The van der Waals surface area contributed by atoms with Crippen LogP contribution in [0.5, 0.6) is 0 Å². The molecular formula is C30H36BrN3O4S. The largest absolute Gasteiger partial charge is 0.352 e. The number of sulfonamides is 1. The van der Waals surface area contributed by atoms with Gasteiger partial charge in [-0.25, -0.2) is 8.42 Å². The number of benzene rings is 3. The summed E-state index contributed by atoms with van der Waals surface area (Å²) in [5.41, 5.74) is 1.37. The second-order valence-electron chi connectivity index (χ2n) is 9.37. The van der Waals surface area contributed by atoms with Gasteiger partial charge in [-0.1, -0.05) is 84.4 Å². The Labute approximate surface area is 240 Å². The molecular weight excluding hydrogens is 578 g/mol. The van der Waals surface area contributed by atoms with Crippen molar-refractivity contribution in [2.75, 3.05) is 17.4 Å². The molecule has 0 aliphatic heterocycles. The van der Waals surface area contributed by atoms with Gasteiger partial charge in [0.2, 0.25) is 11.8 Å². The molecule has 0 aliphatic carbocycles. The maximum atomic E-state index is 14.0. The van der Waals surface area contributed by atoms with Gasteiger partial charge in [0.25, 0.3) is 10.0 Å². The number of nitrogens with zero attached hydrogens (tertiary/aromatic N) is 2. The molecule has 3 aromatic rings. The summed E-state index contributed by atoms with van der Waals surface area (Å²) in [7, 11) is -4.08. The minimum Gasteiger partial charge on any atom is -0.352 e. The maximum Gasteiger partial charge on any atom is 0.264 e. The number of hydrogen-bond donors (Lipinski definition) is 1. The SMILES string of the molecule is CC[C@@H](C)NC(=O)[C@H](CC)N(CCc1ccccc1)C(=O)CN(c1cccc(Br)c1)S(=O)(=O)c1ccccc1. The van der Waals surface area contributed by atoms with Crippen molar-refractivity contribution in [3.05, 3.63) is 95.0 Å². The maximum absolute atomic E-state index is 14.0. The molecule has 2 atom stereocenters. The van der Waals surface area contributed by atoms with Crippen molar-refractivity contribution in [1.82, 2.24) is 10.2 Å². The molecule has 0 bridgehead atoms. The van der Waals surface area contributed by atoms with E-state index in [9.17, 15) is 18.0 Å². The standard InChI is InChI=1S/C30H36BrN3O4S/c1-4-23(3)32-30(36)28(5-2)33(20-19-24-13-8-6-9-14-24)29(35)22-34(26-16-12-15-25(31)21-26)39(37,38)27-17-10-7-11-18-27/h6-18,21,23,28H,4-5,19-20,22H2,1-3H3,(H,32,36)/t23-,28+/m1/s1. The van der Waals surface area contributed by atoms with Crippen molar-refractivity contribution in [3.8, 4) is 0 Å². The molecule has 0 fully saturated rings. The molecule has 2 amide bonds. The van der Waals surface area contributed by atoms with E-state index >= 15 is 0 Å². The second-order valence-corrected chi connectivity index (χ2v) is 12.1. The van der Waals surface area contributed by atoms with Gasteiger partial charge in [0.15, 0.2) is 0 Å². The normalized spacial score (nSPS) is 12.8. The molecule has 9 heteroatoms. The van der Waals surface area contributed by atoms with E-state index in [1.807, 2.05) is 51.1 Å². The Kier molecular flexibility index (Phi) is 11.1. The molecule has 208 valence electrons. The molecule has 0 unspecified atom stereocenters. The molecule has 39 heavy (non-hydrogen) atoms. The van der Waals surface area contributed by atoms with Crippen LogP contribution in [0.25, 0.3) is 0 Å². The molecule has 3 aromatic carbocycles. The Morgan fingerprint density at radius 3 is 2.13 bits per heavy atom. The second kappa shape index (κ2) is 14.3. The fourth-order valence-electron chi connectivity index (χ4n) is 4.22. The van der Waals surface area contributed by atoms with E-state index in [1.54, 1.807) is 42.5 Å². The lowest BCUT2D eigenvalue weighted by atomic mass is 10.1. The molecule has 0 aromatic heterocycles. The zero-order valence-corrected chi connectivity index (χ0v) is 25.0. The first-order chi connectivity index (χ1) is 18.7. The van der Waals surface area contributed by atoms with E-state index < -0.39 is 28.5 Å². The van der Waals surface area contributed by atoms with E-state index in [4.69, 9.17) is 0 Å². The summed E-state index contributed by atoms with van der Waals surface area (Å²) in [4.78, 5) is 28.9. The van der Waals surface area contributed by atoms with Crippen molar-refractivity contribution >= 4 is 43.5 Å². The van der Waals surface area contributed by atoms with Crippen LogP contribution in [0.3, 0.4) is 0 Å². The number of rotatable bonds is 13. The van der Waals surface area contributed by atoms with Crippen LogP contribution < -0.4 is 9.62 Å². The van der Waals surface area contributed by atoms with Crippen LogP contribution in [0.2, 0.25) is 0 Å². The van der Waals surface area contributed by atoms with Gasteiger partial charge in [0.05, 0.1) is 10.6 Å². The predicted molar refractivity (Wildman–Crippen MR) is 159 cm³/mol. The Morgan fingerprint density at radius 1 is 0.897 bits per heavy atom. The Hall–Kier alpha value is -3.17. The first-order valence-corrected chi connectivity index (χ1v) is 15.4. The average molecular weight is 615 g/mol. The van der Waals surface area contributed by atoms with Gasteiger partial charge < -0.3 is 10.2 Å². The Morgan fingerprint density at radius 2 is 1.54 bits per heavy atom. The smallest absolute Gasteiger partial charge is 0.264 e. The molecule has 0 saturated carbocycles. The fraction of sp³-hybridized carbons (Fsp3) is 0.333. The van der Waals surface area contributed by atoms with Crippen LogP contribution in [0.15, 0.2) is 94.3 Å². The van der Waals surface area contributed by atoms with Crippen molar-refractivity contribution < 1.29 is 18.0 Å². The highest BCUT2D eigenvalue weighted by Crippen LogP contribution is 2.27. The van der Waals surface area contributed by atoms with E-state index in [2.05, 4.69) is 21.2 Å². The van der Waals surface area contributed by atoms with Crippen LogP contribution in [0.4, 0.5) is 5.69 Å². The molecule has 0 heterocycles. The van der Waals surface area contributed by atoms with Gasteiger partial charge in [0.1, 0.15) is 12.6 Å². The van der Waals surface area contributed by atoms with Crippen LogP contribution in [-0.4, -0.2) is 50.3 Å². The Bertz CT molecular complexity index is 1340. The molecule has 0 radical (unpaired) electrons. The zero-order chi connectivity index (χ0) is 28.4. The summed E-state index contributed by atoms with van der Waals surface area (Å²) in [6.45, 7) is 5.58. The van der Waals surface area contributed by atoms with Crippen LogP contribution in [-0.2, 0) is 26.0 Å². The quantitative estimate of drug-likeness (QED) is 0.279. The van der Waals surface area contributed by atoms with E-state index in [1.165, 1.54) is 17.0 Å². The zero-order valence-electron chi connectivity index (χ0n) is 22.6. The monoisotopic (exact) mass is 613 g/mol. The van der Waals surface area contributed by atoms with E-state index in [0.29, 0.717) is 23.0 Å². The van der Waals surface area contributed by atoms with Gasteiger partial charge in [-0.05, 0) is 62.1 Å². The lowest BCUT2D eigenvalue weighted by molar-refractivity contribution is -0.139. The van der Waals surface area contributed by atoms with Gasteiger partial charge in [0, 0.05) is 17.1 Å². The molecule has 0 aliphatic rings. The molecule has 0 saturated heterocycles. The Balaban J connectivity index is 1.99. The third-order valence-electron chi connectivity index (χ3n) is 6.58. The van der Waals surface area contributed by atoms with Crippen molar-refractivity contribution in [2.24, 2.45) is 0 Å². The fourth-order valence-corrected chi connectivity index (χ4v) is 6.03. The highest BCUT2D eigenvalue weighted by Gasteiger charge is 2.33. The first kappa shape index (κ1) is 30.4. The van der Waals surface area contributed by atoms with Crippen LogP contribution >= 0.6 is 15.9 Å². The number of amides is 2. The summed E-state index contributed by atoms with van der Waals surface area (Å²) in [6.07, 6.45) is 1.68. The van der Waals surface area contributed by atoms with Gasteiger partial charge in [-0.15, -0.1) is 0 Å². The van der Waals surface area contributed by atoms with Gasteiger partial charge in [-0.2, -0.15) is 0 Å². The third-order valence-corrected chi connectivity index (χ3v) is 8.86. The predicted octanol–water partition coefficient (Wildman–Crippen LogP) is 5.41. The highest BCUT2D eigenvalue weighted by molar-refractivity contribution is 9.10. The van der Waals surface area contributed by atoms with E-state index in [-0.39, 0.29) is 23.4 Å². The summed E-state index contributed by atoms with van der Waals surface area (Å²) < 4.78 is 29.4. The van der Waals surface area contributed by atoms with Crippen molar-refractivity contribution in [2.45, 2.75) is 57.0 Å². The van der Waals surface area contributed by atoms with E-state index in [0.717, 1.165) is 16.3 Å². The van der Waals surface area contributed by atoms with Gasteiger partial charge in [-0.3, -0.25) is 13.9 Å². The number of carbonyl (C=O) groups is 2. The minimum absolute atomic E-state index is 0.0470. The lowest BCUT2D eigenvalue weighted by Gasteiger charge is -2.33. The molecule has 0 spiro atoms. The summed E-state index contributed by atoms with van der Waals surface area (Å²) in [6, 6.07) is 23.8. The van der Waals surface area contributed by atoms with Gasteiger partial charge >= 0.3 is 0 Å².